The van der Waals surface area contributed by atoms with Crippen molar-refractivity contribution in [1.82, 2.24) is 5.32 Å². The summed E-state index contributed by atoms with van der Waals surface area (Å²) in [4.78, 5) is 47.2. The van der Waals surface area contributed by atoms with Crippen LogP contribution in [0.2, 0.25) is 0 Å². The van der Waals surface area contributed by atoms with Crippen molar-refractivity contribution in [3.8, 4) is 11.5 Å². The molecule has 0 aromatic heterocycles. The lowest BCUT2D eigenvalue weighted by Gasteiger charge is -2.21. The molecule has 12 heteroatoms. The first-order valence-electron chi connectivity index (χ1n) is 13.7. The fourth-order valence-corrected chi connectivity index (χ4v) is 6.22. The van der Waals surface area contributed by atoms with Gasteiger partial charge in [-0.05, 0) is 61.3 Å². The van der Waals surface area contributed by atoms with Crippen LogP contribution in [0, 0.1) is 5.92 Å². The van der Waals surface area contributed by atoms with Gasteiger partial charge in [0.25, 0.3) is 0 Å². The highest BCUT2D eigenvalue weighted by Crippen LogP contribution is 2.33. The minimum absolute atomic E-state index is 0.00662. The molecule has 6 N–H and O–H groups in total. The second-order valence-electron chi connectivity index (χ2n) is 9.91. The highest BCUT2D eigenvalue weighted by Gasteiger charge is 2.27. The van der Waals surface area contributed by atoms with E-state index in [9.17, 15) is 29.4 Å². The van der Waals surface area contributed by atoms with Crippen LogP contribution in [-0.4, -0.2) is 75.4 Å². The molecule has 0 aliphatic heterocycles. The number of amides is 1. The van der Waals surface area contributed by atoms with Gasteiger partial charge in [-0.25, -0.2) is 0 Å². The van der Waals surface area contributed by atoms with Gasteiger partial charge in [0, 0.05) is 22.0 Å². The van der Waals surface area contributed by atoms with E-state index in [-0.39, 0.29) is 23.2 Å². The average molecular weight is 621 g/mol. The zero-order chi connectivity index (χ0) is 31.2. The van der Waals surface area contributed by atoms with Crippen molar-refractivity contribution in [2.24, 2.45) is 11.7 Å². The topological polar surface area (TPSA) is 176 Å². The Kier molecular flexibility index (Phi) is 14.7. The van der Waals surface area contributed by atoms with Crippen molar-refractivity contribution in [2.75, 3.05) is 30.4 Å². The predicted molar refractivity (Wildman–Crippen MR) is 165 cm³/mol. The molecule has 0 saturated carbocycles. The van der Waals surface area contributed by atoms with E-state index < -0.39 is 36.4 Å². The Labute approximate surface area is 254 Å². The molecule has 2 unspecified atom stereocenters. The molecule has 0 spiro atoms. The summed E-state index contributed by atoms with van der Waals surface area (Å²) >= 11 is 2.98. The number of aromatic hydroxyl groups is 1. The predicted octanol–water partition coefficient (Wildman–Crippen LogP) is 4.17. The van der Waals surface area contributed by atoms with Crippen LogP contribution < -0.4 is 15.8 Å². The standard InChI is InChI=1S/C30H40N2O8S2/c1-4-6-23-25(12-11-22(19(3)33)28(23)36)40-13-5-14-42-21-9-7-20(8-10-21)27(30(38)39)18(2)16-41-17-24(31)29(37)32-15-26(34)35/h7-12,18,24,27,36H,4-6,13-17,31H2,1-3H3,(H,32,37)(H,34,35)(H,38,39)/t18?,24-,27?/m0/s1. The number of ether oxygens (including phenoxy) is 1. The lowest BCUT2D eigenvalue weighted by molar-refractivity contribution is -0.140. The van der Waals surface area contributed by atoms with Crippen molar-refractivity contribution in [3.63, 3.8) is 0 Å². The van der Waals surface area contributed by atoms with Crippen molar-refractivity contribution in [2.45, 2.75) is 56.9 Å². The fraction of sp³-hybridized carbons (Fsp3) is 0.467. The molecule has 10 nitrogen and oxygen atoms in total. The Morgan fingerprint density at radius 2 is 1.74 bits per heavy atom. The molecule has 2 aromatic rings. The molecule has 230 valence electrons. The summed E-state index contributed by atoms with van der Waals surface area (Å²) < 4.78 is 5.92. The van der Waals surface area contributed by atoms with Crippen LogP contribution in [0.3, 0.4) is 0 Å². The van der Waals surface area contributed by atoms with Gasteiger partial charge in [0.2, 0.25) is 5.91 Å². The molecular weight excluding hydrogens is 580 g/mol. The Bertz CT molecular complexity index is 1220. The maximum atomic E-state index is 12.1. The van der Waals surface area contributed by atoms with E-state index in [0.29, 0.717) is 41.2 Å². The lowest BCUT2D eigenvalue weighted by Crippen LogP contribution is -2.44. The molecule has 0 radical (unpaired) electrons. The quantitative estimate of drug-likeness (QED) is 0.0865. The second kappa shape index (κ2) is 17.7. The third-order valence-corrected chi connectivity index (χ3v) is 8.89. The number of carbonyl (C=O) groups is 4. The van der Waals surface area contributed by atoms with Gasteiger partial charge in [-0.1, -0.05) is 32.4 Å². The lowest BCUT2D eigenvalue weighted by atomic mass is 9.88. The van der Waals surface area contributed by atoms with Crippen LogP contribution in [0.1, 0.15) is 61.0 Å². The second-order valence-corrected chi connectivity index (χ2v) is 12.2. The summed E-state index contributed by atoms with van der Waals surface area (Å²) in [6.45, 7) is 5.20. The summed E-state index contributed by atoms with van der Waals surface area (Å²) in [6.07, 6.45) is 2.16. The van der Waals surface area contributed by atoms with Gasteiger partial charge >= 0.3 is 11.9 Å². The molecule has 42 heavy (non-hydrogen) atoms. The zero-order valence-electron chi connectivity index (χ0n) is 24.1. The van der Waals surface area contributed by atoms with Gasteiger partial charge < -0.3 is 31.1 Å². The molecule has 0 saturated heterocycles. The first-order chi connectivity index (χ1) is 20.0. The Balaban J connectivity index is 1.85. The van der Waals surface area contributed by atoms with Gasteiger partial charge in [-0.15, -0.1) is 11.8 Å². The van der Waals surface area contributed by atoms with Crippen LogP contribution in [0.25, 0.3) is 0 Å². The first-order valence-corrected chi connectivity index (χ1v) is 15.9. The van der Waals surface area contributed by atoms with Crippen LogP contribution in [0.15, 0.2) is 41.3 Å². The number of carbonyl (C=O) groups excluding carboxylic acids is 2. The number of rotatable bonds is 19. The largest absolute Gasteiger partial charge is 0.507 e. The SMILES string of the molecule is CCCc1c(OCCCSc2ccc(C(C(=O)O)C(C)CSC[C@H](N)C(=O)NCC(=O)O)cc2)ccc(C(C)=O)c1O. The van der Waals surface area contributed by atoms with E-state index in [1.54, 1.807) is 23.9 Å². The Morgan fingerprint density at radius 3 is 2.33 bits per heavy atom. The average Bonchev–Trinajstić information content (AvgIpc) is 2.93. The normalized spacial score (nSPS) is 13.1. The van der Waals surface area contributed by atoms with E-state index in [1.807, 2.05) is 38.1 Å². The van der Waals surface area contributed by atoms with Gasteiger partial charge in [0.05, 0.1) is 24.1 Å². The number of phenols is 1. The molecule has 0 fully saturated rings. The molecule has 0 heterocycles. The number of hydrogen-bond donors (Lipinski definition) is 5. The molecule has 0 aliphatic carbocycles. The van der Waals surface area contributed by atoms with Gasteiger partial charge in [-0.2, -0.15) is 11.8 Å². The number of carboxylic acids is 2. The van der Waals surface area contributed by atoms with Crippen molar-refractivity contribution >= 4 is 47.2 Å². The number of nitrogens with two attached hydrogens (primary N) is 1. The molecule has 0 aliphatic rings. The van der Waals surface area contributed by atoms with Gasteiger partial charge in [0.15, 0.2) is 5.78 Å². The molecule has 2 aromatic carbocycles. The van der Waals surface area contributed by atoms with E-state index >= 15 is 0 Å². The maximum Gasteiger partial charge on any atom is 0.322 e. The van der Waals surface area contributed by atoms with E-state index in [4.69, 9.17) is 15.6 Å². The number of phenolic OH excluding ortho intramolecular Hbond substituents is 1. The van der Waals surface area contributed by atoms with Gasteiger partial charge in [-0.3, -0.25) is 19.2 Å². The summed E-state index contributed by atoms with van der Waals surface area (Å²) in [5.74, 6) is -1.75. The van der Waals surface area contributed by atoms with Crippen LogP contribution in [0.4, 0.5) is 0 Å². The maximum absolute atomic E-state index is 12.1. The monoisotopic (exact) mass is 620 g/mol. The Hall–Kier alpha value is -3.22. The first kappa shape index (κ1) is 35.0. The van der Waals surface area contributed by atoms with Crippen molar-refractivity contribution < 1.29 is 39.2 Å². The van der Waals surface area contributed by atoms with Crippen LogP contribution in [-0.2, 0) is 20.8 Å². The molecule has 0 bridgehead atoms. The number of nitrogens with one attached hydrogen (secondary N) is 1. The zero-order valence-corrected chi connectivity index (χ0v) is 25.8. The highest BCUT2D eigenvalue weighted by atomic mass is 32.2. The third kappa shape index (κ3) is 10.9. The van der Waals surface area contributed by atoms with Crippen molar-refractivity contribution in [1.29, 1.82) is 0 Å². The summed E-state index contributed by atoms with van der Waals surface area (Å²) in [5.41, 5.74) is 7.44. The molecule has 3 atom stereocenters. The summed E-state index contributed by atoms with van der Waals surface area (Å²) in [6, 6.07) is 9.88. The number of hydrogen-bond acceptors (Lipinski definition) is 9. The van der Waals surface area contributed by atoms with Gasteiger partial charge in [0.1, 0.15) is 18.0 Å². The molecule has 2 rings (SSSR count). The Morgan fingerprint density at radius 1 is 1.05 bits per heavy atom. The summed E-state index contributed by atoms with van der Waals surface area (Å²) in [7, 11) is 0. The summed E-state index contributed by atoms with van der Waals surface area (Å²) in [5, 5.41) is 31.3. The minimum atomic E-state index is -1.16. The van der Waals surface area contributed by atoms with Crippen molar-refractivity contribution in [3.05, 3.63) is 53.1 Å². The minimum Gasteiger partial charge on any atom is -0.507 e. The number of benzene rings is 2. The number of thioether (sulfide) groups is 2. The number of carboxylic acid groups (broad SMARTS) is 2. The van der Waals surface area contributed by atoms with E-state index in [1.165, 1.54) is 18.7 Å². The molecular formula is C30H40N2O8S2. The van der Waals surface area contributed by atoms with Crippen LogP contribution in [0.5, 0.6) is 11.5 Å². The third-order valence-electron chi connectivity index (χ3n) is 6.44. The van der Waals surface area contributed by atoms with Crippen LogP contribution >= 0.6 is 23.5 Å². The number of Topliss-reactive ketones (excluding diaryl/α,β-unsaturated/α-hetero) is 1. The number of ketones is 1. The smallest absolute Gasteiger partial charge is 0.322 e. The highest BCUT2D eigenvalue weighted by molar-refractivity contribution is 7.99. The van der Waals surface area contributed by atoms with E-state index in [2.05, 4.69) is 5.32 Å². The fourth-order valence-electron chi connectivity index (χ4n) is 4.29. The van der Waals surface area contributed by atoms with E-state index in [0.717, 1.165) is 23.5 Å². The molecule has 1 amide bonds. The number of aliphatic carboxylic acids is 2.